The summed E-state index contributed by atoms with van der Waals surface area (Å²) in [6.07, 6.45) is 7.84. The second-order valence-electron chi connectivity index (χ2n) is 6.19. The van der Waals surface area contributed by atoms with E-state index in [1.165, 1.54) is 37.4 Å². The smallest absolute Gasteiger partial charge is 0.303 e. The van der Waals surface area contributed by atoms with Gasteiger partial charge in [-0.2, -0.15) is 0 Å². The molecule has 2 bridgehead atoms. The van der Waals surface area contributed by atoms with Crippen LogP contribution >= 0.6 is 24.0 Å². The Bertz CT molecular complexity index is 517. The van der Waals surface area contributed by atoms with Crippen LogP contribution in [0.4, 0.5) is 0 Å². The number of rotatable bonds is 5. The number of carboxylic acids is 1. The zero-order chi connectivity index (χ0) is 15.0. The number of carboxylic acid groups (broad SMARTS) is 1. The van der Waals surface area contributed by atoms with Crippen molar-refractivity contribution in [3.63, 3.8) is 0 Å². The molecule has 3 atom stereocenters. The van der Waals surface area contributed by atoms with Crippen LogP contribution in [-0.2, 0) is 9.59 Å². The van der Waals surface area contributed by atoms with Crippen LogP contribution in [0.5, 0.6) is 0 Å². The highest BCUT2D eigenvalue weighted by Gasteiger charge is 2.40. The van der Waals surface area contributed by atoms with Crippen molar-refractivity contribution in [2.24, 2.45) is 17.8 Å². The molecule has 0 aromatic heterocycles. The maximum atomic E-state index is 12.4. The Balaban J connectivity index is 1.61. The SMILES string of the molecule is O=C(O)CCCN1C(=O)/C(=C/C2CC3CCC2C3)SC1=S. The fraction of sp³-hybridized carbons (Fsp3) is 0.667. The van der Waals surface area contributed by atoms with Crippen molar-refractivity contribution >= 4 is 40.2 Å². The lowest BCUT2D eigenvalue weighted by atomic mass is 9.88. The number of amides is 1. The zero-order valence-electron chi connectivity index (χ0n) is 11.8. The molecule has 1 N–H and O–H groups in total. The number of carbonyl (C=O) groups excluding carboxylic acids is 1. The van der Waals surface area contributed by atoms with E-state index in [-0.39, 0.29) is 12.3 Å². The number of hydrogen-bond acceptors (Lipinski definition) is 4. The first-order valence-corrected chi connectivity index (χ1v) is 8.74. The lowest BCUT2D eigenvalue weighted by Gasteiger charge is -2.18. The number of thioether (sulfide) groups is 1. The molecule has 0 aromatic carbocycles. The third-order valence-corrected chi connectivity index (χ3v) is 6.20. The van der Waals surface area contributed by atoms with Crippen molar-refractivity contribution in [2.45, 2.75) is 38.5 Å². The van der Waals surface area contributed by atoms with Gasteiger partial charge in [-0.25, -0.2) is 0 Å². The number of fused-ring (bicyclic) bond motifs is 2. The van der Waals surface area contributed by atoms with Crippen LogP contribution in [0.1, 0.15) is 38.5 Å². The third kappa shape index (κ3) is 3.16. The summed E-state index contributed by atoms with van der Waals surface area (Å²) in [5.41, 5.74) is 0. The van der Waals surface area contributed by atoms with Gasteiger partial charge in [0.2, 0.25) is 0 Å². The van der Waals surface area contributed by atoms with Gasteiger partial charge in [0.1, 0.15) is 4.32 Å². The molecule has 0 aromatic rings. The molecule has 0 radical (unpaired) electrons. The molecular weight excluding hydrogens is 306 g/mol. The minimum absolute atomic E-state index is 0.0295. The molecule has 6 heteroatoms. The highest BCUT2D eigenvalue weighted by molar-refractivity contribution is 8.26. The molecule has 0 spiro atoms. The van der Waals surface area contributed by atoms with Gasteiger partial charge >= 0.3 is 5.97 Å². The van der Waals surface area contributed by atoms with Gasteiger partial charge in [0.15, 0.2) is 0 Å². The number of thiocarbonyl (C=S) groups is 1. The van der Waals surface area contributed by atoms with Crippen molar-refractivity contribution in [3.8, 4) is 0 Å². The maximum absolute atomic E-state index is 12.4. The average Bonchev–Trinajstić information content (AvgIpc) is 3.09. The van der Waals surface area contributed by atoms with E-state index in [0.717, 1.165) is 16.7 Å². The van der Waals surface area contributed by atoms with E-state index in [1.807, 2.05) is 0 Å². The van der Waals surface area contributed by atoms with Gasteiger partial charge in [-0.05, 0) is 43.4 Å². The highest BCUT2D eigenvalue weighted by atomic mass is 32.2. The van der Waals surface area contributed by atoms with E-state index < -0.39 is 5.97 Å². The summed E-state index contributed by atoms with van der Waals surface area (Å²) < 4.78 is 0.569. The Morgan fingerprint density at radius 2 is 2.24 bits per heavy atom. The summed E-state index contributed by atoms with van der Waals surface area (Å²) in [6.45, 7) is 0.408. The molecule has 21 heavy (non-hydrogen) atoms. The molecule has 4 nitrogen and oxygen atoms in total. The Morgan fingerprint density at radius 1 is 1.43 bits per heavy atom. The Kier molecular flexibility index (Phi) is 4.36. The molecule has 114 valence electrons. The van der Waals surface area contributed by atoms with Crippen LogP contribution < -0.4 is 0 Å². The van der Waals surface area contributed by atoms with E-state index in [0.29, 0.717) is 23.2 Å². The number of carbonyl (C=O) groups is 2. The lowest BCUT2D eigenvalue weighted by Crippen LogP contribution is -2.29. The molecule has 1 heterocycles. The minimum Gasteiger partial charge on any atom is -0.481 e. The molecule has 2 saturated carbocycles. The standard InChI is InChI=1S/C15H19NO3S2/c17-13(18)2-1-5-16-14(19)12(21-15(16)20)8-11-7-9-3-4-10(11)6-9/h8-11H,1-7H2,(H,17,18)/b12-8-. The fourth-order valence-electron chi connectivity index (χ4n) is 3.79. The van der Waals surface area contributed by atoms with Crippen LogP contribution in [0.25, 0.3) is 0 Å². The summed E-state index contributed by atoms with van der Waals surface area (Å²) in [4.78, 5) is 25.3. The number of aliphatic carboxylic acids is 1. The zero-order valence-corrected chi connectivity index (χ0v) is 13.4. The summed E-state index contributed by atoms with van der Waals surface area (Å²) >= 11 is 6.64. The normalized spacial score (nSPS) is 33.4. The van der Waals surface area contributed by atoms with Crippen LogP contribution in [-0.4, -0.2) is 32.7 Å². The first-order chi connectivity index (χ1) is 10.0. The predicted octanol–water partition coefficient (Wildman–Crippen LogP) is 3.03. The summed E-state index contributed by atoms with van der Waals surface area (Å²) in [5.74, 6) is 1.29. The van der Waals surface area contributed by atoms with E-state index in [1.54, 1.807) is 4.90 Å². The van der Waals surface area contributed by atoms with Gasteiger partial charge in [-0.3, -0.25) is 14.5 Å². The summed E-state index contributed by atoms with van der Waals surface area (Å²) in [5, 5.41) is 8.67. The number of hydrogen-bond donors (Lipinski definition) is 1. The molecule has 3 rings (SSSR count). The fourth-order valence-corrected chi connectivity index (χ4v) is 5.14. The Hall–Kier alpha value is -0.880. The predicted molar refractivity (Wildman–Crippen MR) is 85.8 cm³/mol. The quantitative estimate of drug-likeness (QED) is 0.622. The average molecular weight is 325 g/mol. The van der Waals surface area contributed by atoms with Gasteiger partial charge in [0, 0.05) is 13.0 Å². The van der Waals surface area contributed by atoms with Crippen molar-refractivity contribution < 1.29 is 14.7 Å². The van der Waals surface area contributed by atoms with Gasteiger partial charge in [0.25, 0.3) is 5.91 Å². The Morgan fingerprint density at radius 3 is 2.86 bits per heavy atom. The van der Waals surface area contributed by atoms with Gasteiger partial charge in [-0.1, -0.05) is 36.5 Å². The van der Waals surface area contributed by atoms with Crippen LogP contribution in [0, 0.1) is 17.8 Å². The van der Waals surface area contributed by atoms with E-state index in [2.05, 4.69) is 6.08 Å². The van der Waals surface area contributed by atoms with Crippen LogP contribution in [0.3, 0.4) is 0 Å². The molecule has 3 fully saturated rings. The molecular formula is C15H19NO3S2. The highest BCUT2D eigenvalue weighted by Crippen LogP contribution is 2.50. The molecule has 2 aliphatic carbocycles. The molecule has 3 aliphatic rings. The monoisotopic (exact) mass is 325 g/mol. The van der Waals surface area contributed by atoms with Crippen LogP contribution in [0.15, 0.2) is 11.0 Å². The minimum atomic E-state index is -0.835. The number of nitrogens with zero attached hydrogens (tertiary/aromatic N) is 1. The molecule has 1 saturated heterocycles. The van der Waals surface area contributed by atoms with Crippen molar-refractivity contribution in [3.05, 3.63) is 11.0 Å². The number of allylic oxidation sites excluding steroid dienone is 1. The molecule has 1 amide bonds. The van der Waals surface area contributed by atoms with Gasteiger partial charge < -0.3 is 5.11 Å². The van der Waals surface area contributed by atoms with E-state index in [9.17, 15) is 9.59 Å². The van der Waals surface area contributed by atoms with E-state index >= 15 is 0 Å². The molecule has 1 aliphatic heterocycles. The first-order valence-electron chi connectivity index (χ1n) is 7.52. The lowest BCUT2D eigenvalue weighted by molar-refractivity contribution is -0.137. The molecule has 3 unspecified atom stereocenters. The topological polar surface area (TPSA) is 57.6 Å². The Labute approximate surface area is 134 Å². The van der Waals surface area contributed by atoms with E-state index in [4.69, 9.17) is 17.3 Å². The summed E-state index contributed by atoms with van der Waals surface area (Å²) in [6, 6.07) is 0. The third-order valence-electron chi connectivity index (χ3n) is 4.80. The largest absolute Gasteiger partial charge is 0.481 e. The maximum Gasteiger partial charge on any atom is 0.303 e. The second-order valence-corrected chi connectivity index (χ2v) is 7.87. The van der Waals surface area contributed by atoms with Crippen molar-refractivity contribution in [2.75, 3.05) is 6.54 Å². The van der Waals surface area contributed by atoms with Crippen molar-refractivity contribution in [1.29, 1.82) is 0 Å². The summed E-state index contributed by atoms with van der Waals surface area (Å²) in [7, 11) is 0. The van der Waals surface area contributed by atoms with Crippen LogP contribution in [0.2, 0.25) is 0 Å². The van der Waals surface area contributed by atoms with Gasteiger partial charge in [-0.15, -0.1) is 0 Å². The van der Waals surface area contributed by atoms with Gasteiger partial charge in [0.05, 0.1) is 4.91 Å². The van der Waals surface area contributed by atoms with Crippen molar-refractivity contribution in [1.82, 2.24) is 4.90 Å². The second kappa shape index (κ2) is 6.08. The first kappa shape index (κ1) is 15.0.